The molecule has 3 atom stereocenters. The van der Waals surface area contributed by atoms with Crippen molar-refractivity contribution in [2.24, 2.45) is 5.73 Å². The molecule has 1 amide bonds. The van der Waals surface area contributed by atoms with Gasteiger partial charge in [-0.25, -0.2) is 4.79 Å². The number of hydrogen-bond donors (Lipinski definition) is 2. The largest absolute Gasteiger partial charge is 0.446 e. The van der Waals surface area contributed by atoms with Gasteiger partial charge in [0, 0.05) is 12.5 Å². The number of likely N-dealkylation sites (N-methyl/N-ethyl adjacent to an activating group) is 1. The fourth-order valence-electron chi connectivity index (χ4n) is 1.97. The van der Waals surface area contributed by atoms with E-state index in [-0.39, 0.29) is 12.1 Å². The van der Waals surface area contributed by atoms with Gasteiger partial charge >= 0.3 is 6.09 Å². The third-order valence-electron chi connectivity index (χ3n) is 2.68. The molecule has 0 aromatic heterocycles. The van der Waals surface area contributed by atoms with Gasteiger partial charge in [-0.05, 0) is 26.9 Å². The summed E-state index contributed by atoms with van der Waals surface area (Å²) in [5.41, 5.74) is 4.91. The van der Waals surface area contributed by atoms with E-state index >= 15 is 0 Å². The summed E-state index contributed by atoms with van der Waals surface area (Å²) in [5, 5.41) is 9.75. The topological polar surface area (TPSA) is 75.8 Å². The molecule has 5 heteroatoms. The number of aliphatic hydroxyl groups excluding tert-OH is 1. The quantitative estimate of drug-likeness (QED) is 0.657. The molecule has 0 aliphatic heterocycles. The maximum atomic E-state index is 10.5. The van der Waals surface area contributed by atoms with E-state index in [0.29, 0.717) is 6.42 Å². The van der Waals surface area contributed by atoms with Crippen molar-refractivity contribution in [3.8, 4) is 0 Å². The van der Waals surface area contributed by atoms with Gasteiger partial charge < -0.3 is 20.5 Å². The smallest absolute Gasteiger partial charge is 0.404 e. The van der Waals surface area contributed by atoms with Crippen molar-refractivity contribution < 1.29 is 14.6 Å². The highest BCUT2D eigenvalue weighted by atomic mass is 16.6. The zero-order valence-electron chi connectivity index (χ0n) is 8.64. The van der Waals surface area contributed by atoms with Crippen LogP contribution in [0.3, 0.4) is 0 Å². The second kappa shape index (κ2) is 4.61. The van der Waals surface area contributed by atoms with Crippen molar-refractivity contribution in [1.29, 1.82) is 0 Å². The third kappa shape index (κ3) is 2.85. The Labute approximate surface area is 83.8 Å². The van der Waals surface area contributed by atoms with Crippen LogP contribution in [0.5, 0.6) is 0 Å². The summed E-state index contributed by atoms with van der Waals surface area (Å²) in [7, 11) is 3.87. The molecular formula is C9H18N2O3. The van der Waals surface area contributed by atoms with E-state index in [0.717, 1.165) is 12.8 Å². The molecule has 82 valence electrons. The van der Waals surface area contributed by atoms with E-state index in [4.69, 9.17) is 10.5 Å². The van der Waals surface area contributed by atoms with Crippen molar-refractivity contribution in [3.05, 3.63) is 0 Å². The summed E-state index contributed by atoms with van der Waals surface area (Å²) in [6.07, 6.45) is 0.646. The monoisotopic (exact) mass is 202 g/mol. The number of aliphatic hydroxyl groups is 1. The summed E-state index contributed by atoms with van der Waals surface area (Å²) in [4.78, 5) is 12.5. The molecule has 1 saturated carbocycles. The lowest BCUT2D eigenvalue weighted by Gasteiger charge is -2.36. The maximum absolute atomic E-state index is 10.5. The molecule has 1 aliphatic rings. The fraction of sp³-hybridized carbons (Fsp3) is 0.889. The molecule has 1 rings (SSSR count). The standard InChI is InChI=1S/C9H18N2O3/c1-11(2)7-4-3-6(5-8(7)12)14-9(10)13/h6-8,12H,3-5H2,1-2H3,(H2,10,13)/t6-,7-,8-/m0/s1. The molecular weight excluding hydrogens is 184 g/mol. The first-order valence-electron chi connectivity index (χ1n) is 4.81. The van der Waals surface area contributed by atoms with Gasteiger partial charge in [-0.3, -0.25) is 0 Å². The summed E-state index contributed by atoms with van der Waals surface area (Å²) < 4.78 is 4.85. The van der Waals surface area contributed by atoms with Gasteiger partial charge in [0.05, 0.1) is 6.10 Å². The number of primary amides is 1. The Morgan fingerprint density at radius 2 is 2.14 bits per heavy atom. The minimum atomic E-state index is -0.759. The van der Waals surface area contributed by atoms with Crippen molar-refractivity contribution in [3.63, 3.8) is 0 Å². The van der Waals surface area contributed by atoms with Crippen molar-refractivity contribution in [2.45, 2.75) is 37.5 Å². The Bertz CT molecular complexity index is 208. The SMILES string of the molecule is CN(C)[C@H]1CC[C@H](OC(N)=O)C[C@@H]1O. The lowest BCUT2D eigenvalue weighted by molar-refractivity contribution is -0.0176. The zero-order chi connectivity index (χ0) is 10.7. The van der Waals surface area contributed by atoms with Crippen LogP contribution in [0.15, 0.2) is 0 Å². The number of amides is 1. The molecule has 0 spiro atoms. The van der Waals surface area contributed by atoms with Gasteiger partial charge in [-0.1, -0.05) is 0 Å². The van der Waals surface area contributed by atoms with Crippen molar-refractivity contribution in [1.82, 2.24) is 4.90 Å². The Kier molecular flexibility index (Phi) is 3.71. The van der Waals surface area contributed by atoms with E-state index in [1.54, 1.807) is 0 Å². The van der Waals surface area contributed by atoms with Gasteiger partial charge in [0.2, 0.25) is 0 Å². The maximum Gasteiger partial charge on any atom is 0.404 e. The van der Waals surface area contributed by atoms with E-state index in [9.17, 15) is 9.90 Å². The van der Waals surface area contributed by atoms with Crippen LogP contribution in [-0.4, -0.2) is 48.4 Å². The van der Waals surface area contributed by atoms with Crippen LogP contribution < -0.4 is 5.73 Å². The predicted molar refractivity (Wildman–Crippen MR) is 51.8 cm³/mol. The lowest BCUT2D eigenvalue weighted by atomic mass is 9.89. The van der Waals surface area contributed by atoms with Crippen molar-refractivity contribution in [2.75, 3.05) is 14.1 Å². The molecule has 5 nitrogen and oxygen atoms in total. The first-order chi connectivity index (χ1) is 6.50. The van der Waals surface area contributed by atoms with Crippen LogP contribution in [-0.2, 0) is 4.74 Å². The molecule has 0 aromatic carbocycles. The molecule has 14 heavy (non-hydrogen) atoms. The molecule has 0 unspecified atom stereocenters. The highest BCUT2D eigenvalue weighted by Crippen LogP contribution is 2.24. The van der Waals surface area contributed by atoms with Crippen LogP contribution in [0.2, 0.25) is 0 Å². The Hall–Kier alpha value is -0.810. The average molecular weight is 202 g/mol. The third-order valence-corrected chi connectivity index (χ3v) is 2.68. The van der Waals surface area contributed by atoms with Crippen LogP contribution in [0, 0.1) is 0 Å². The molecule has 1 aliphatic carbocycles. The van der Waals surface area contributed by atoms with Gasteiger partial charge in [0.1, 0.15) is 6.10 Å². The molecule has 0 heterocycles. The molecule has 0 radical (unpaired) electrons. The number of nitrogens with two attached hydrogens (primary N) is 1. The lowest BCUT2D eigenvalue weighted by Crippen LogP contribution is -2.45. The number of carbonyl (C=O) groups is 1. The van der Waals surface area contributed by atoms with Gasteiger partial charge in [0.15, 0.2) is 0 Å². The molecule has 0 saturated heterocycles. The normalized spacial score (nSPS) is 33.0. The number of carbonyl (C=O) groups excluding carboxylic acids is 1. The van der Waals surface area contributed by atoms with Crippen LogP contribution >= 0.6 is 0 Å². The summed E-state index contributed by atoms with van der Waals surface area (Å²) in [5.74, 6) is 0. The summed E-state index contributed by atoms with van der Waals surface area (Å²) in [6, 6.07) is 0.155. The van der Waals surface area contributed by atoms with Crippen LogP contribution in [0.25, 0.3) is 0 Å². The molecule has 1 fully saturated rings. The van der Waals surface area contributed by atoms with Crippen LogP contribution in [0.1, 0.15) is 19.3 Å². The number of ether oxygens (including phenoxy) is 1. The van der Waals surface area contributed by atoms with Gasteiger partial charge in [-0.15, -0.1) is 0 Å². The molecule has 0 aromatic rings. The first-order valence-corrected chi connectivity index (χ1v) is 4.81. The molecule has 3 N–H and O–H groups in total. The predicted octanol–water partition coefficient (Wildman–Crippen LogP) is -0.0747. The zero-order valence-corrected chi connectivity index (χ0v) is 8.64. The second-order valence-electron chi connectivity index (χ2n) is 3.97. The Balaban J connectivity index is 2.42. The second-order valence-corrected chi connectivity index (χ2v) is 3.97. The summed E-state index contributed by atoms with van der Waals surface area (Å²) >= 11 is 0. The highest BCUT2D eigenvalue weighted by Gasteiger charge is 2.31. The Morgan fingerprint density at radius 3 is 2.57 bits per heavy atom. The van der Waals surface area contributed by atoms with Crippen LogP contribution in [0.4, 0.5) is 4.79 Å². The van der Waals surface area contributed by atoms with E-state index < -0.39 is 12.2 Å². The Morgan fingerprint density at radius 1 is 1.50 bits per heavy atom. The van der Waals surface area contributed by atoms with E-state index in [1.807, 2.05) is 19.0 Å². The minimum Gasteiger partial charge on any atom is -0.446 e. The van der Waals surface area contributed by atoms with E-state index in [1.165, 1.54) is 0 Å². The number of rotatable bonds is 2. The average Bonchev–Trinajstić information content (AvgIpc) is 2.01. The fourth-order valence-corrected chi connectivity index (χ4v) is 1.97. The van der Waals surface area contributed by atoms with Gasteiger partial charge in [-0.2, -0.15) is 0 Å². The number of hydrogen-bond acceptors (Lipinski definition) is 4. The minimum absolute atomic E-state index is 0.155. The van der Waals surface area contributed by atoms with E-state index in [2.05, 4.69) is 0 Å². The van der Waals surface area contributed by atoms with Gasteiger partial charge in [0.25, 0.3) is 0 Å². The molecule has 0 bridgehead atoms. The first kappa shape index (κ1) is 11.3. The highest BCUT2D eigenvalue weighted by molar-refractivity contribution is 5.64. The summed E-state index contributed by atoms with van der Waals surface area (Å²) in [6.45, 7) is 0. The van der Waals surface area contributed by atoms with Crippen molar-refractivity contribution >= 4 is 6.09 Å². The number of nitrogens with zero attached hydrogens (tertiary/aromatic N) is 1.